The Hall–Kier alpha value is -1.84. The number of carbonyl (C=O) groups excluding carboxylic acids is 1. The van der Waals surface area contributed by atoms with Gasteiger partial charge in [0, 0.05) is 25.7 Å². The maximum Gasteiger partial charge on any atom is 0.219 e. The van der Waals surface area contributed by atoms with E-state index in [1.54, 1.807) is 6.92 Å². The van der Waals surface area contributed by atoms with E-state index in [1.807, 2.05) is 17.0 Å². The van der Waals surface area contributed by atoms with Gasteiger partial charge in [0.05, 0.1) is 12.2 Å². The highest BCUT2D eigenvalue weighted by Gasteiger charge is 2.21. The molecule has 1 aliphatic carbocycles. The molecule has 0 saturated heterocycles. The molecule has 1 fully saturated rings. The van der Waals surface area contributed by atoms with Crippen LogP contribution in [0.15, 0.2) is 29.4 Å². The lowest BCUT2D eigenvalue weighted by atomic mass is 10.1. The second-order valence-electron chi connectivity index (χ2n) is 5.57. The molecule has 20 heavy (non-hydrogen) atoms. The summed E-state index contributed by atoms with van der Waals surface area (Å²) in [5.41, 5.74) is 3.63. The number of amides is 1. The third-order valence-electron chi connectivity index (χ3n) is 4.10. The van der Waals surface area contributed by atoms with Crippen molar-refractivity contribution in [3.8, 4) is 0 Å². The average Bonchev–Trinajstić information content (AvgIpc) is 2.87. The lowest BCUT2D eigenvalue weighted by Gasteiger charge is -2.20. The normalized spacial score (nSPS) is 18.8. The first-order valence-electron chi connectivity index (χ1n) is 7.41. The zero-order chi connectivity index (χ0) is 13.9. The van der Waals surface area contributed by atoms with Crippen molar-refractivity contribution in [1.29, 1.82) is 0 Å². The highest BCUT2D eigenvalue weighted by Crippen LogP contribution is 2.26. The highest BCUT2D eigenvalue weighted by atomic mass is 16.2. The van der Waals surface area contributed by atoms with Gasteiger partial charge in [-0.1, -0.05) is 18.2 Å². The summed E-state index contributed by atoms with van der Waals surface area (Å²) in [5.74, 6) is 0.134. The average molecular weight is 271 g/mol. The van der Waals surface area contributed by atoms with Gasteiger partial charge >= 0.3 is 0 Å². The maximum absolute atomic E-state index is 11.7. The van der Waals surface area contributed by atoms with Gasteiger partial charge in [-0.2, -0.15) is 5.10 Å². The van der Waals surface area contributed by atoms with E-state index in [0.717, 1.165) is 31.6 Å². The summed E-state index contributed by atoms with van der Waals surface area (Å²) in [6.45, 7) is 3.84. The van der Waals surface area contributed by atoms with Gasteiger partial charge < -0.3 is 4.90 Å². The third-order valence-corrected chi connectivity index (χ3v) is 4.10. The van der Waals surface area contributed by atoms with Crippen molar-refractivity contribution >= 4 is 17.3 Å². The van der Waals surface area contributed by atoms with Crippen molar-refractivity contribution in [2.45, 2.75) is 39.2 Å². The van der Waals surface area contributed by atoms with Gasteiger partial charge in [0.1, 0.15) is 0 Å². The van der Waals surface area contributed by atoms with Crippen LogP contribution in [0.2, 0.25) is 0 Å². The Morgan fingerprint density at radius 2 is 1.90 bits per heavy atom. The number of rotatable bonds is 1. The predicted molar refractivity (Wildman–Crippen MR) is 80.8 cm³/mol. The number of anilines is 1. The topological polar surface area (TPSA) is 35.9 Å². The minimum Gasteiger partial charge on any atom is -0.337 e. The minimum atomic E-state index is 0.134. The predicted octanol–water partition coefficient (Wildman–Crippen LogP) is 2.79. The standard InChI is InChI=1S/C16H21N3O/c1-13(20)18-10-11-19(17-15-7-3-4-8-15)16-9-5-2-6-14(16)12-18/h2,5-6,9H,3-4,7-8,10-12H2,1H3. The van der Waals surface area contributed by atoms with Crippen molar-refractivity contribution in [2.24, 2.45) is 5.10 Å². The molecule has 0 spiro atoms. The molecule has 4 nitrogen and oxygen atoms in total. The molecule has 1 aliphatic heterocycles. The first kappa shape index (κ1) is 13.2. The lowest BCUT2D eigenvalue weighted by molar-refractivity contribution is -0.129. The van der Waals surface area contributed by atoms with E-state index in [4.69, 9.17) is 5.10 Å². The molecule has 1 aromatic rings. The second-order valence-corrected chi connectivity index (χ2v) is 5.57. The fraction of sp³-hybridized carbons (Fsp3) is 0.500. The molecular formula is C16H21N3O. The number of nitrogens with zero attached hydrogens (tertiary/aromatic N) is 3. The smallest absolute Gasteiger partial charge is 0.219 e. The molecule has 0 atom stereocenters. The van der Waals surface area contributed by atoms with Crippen LogP contribution in [0.1, 0.15) is 38.2 Å². The quantitative estimate of drug-likeness (QED) is 0.787. The Morgan fingerprint density at radius 1 is 1.15 bits per heavy atom. The summed E-state index contributed by atoms with van der Waals surface area (Å²) in [4.78, 5) is 13.6. The van der Waals surface area contributed by atoms with Crippen LogP contribution in [0.4, 0.5) is 5.69 Å². The van der Waals surface area contributed by atoms with Crippen LogP contribution in [-0.4, -0.2) is 29.6 Å². The van der Waals surface area contributed by atoms with E-state index >= 15 is 0 Å². The number of hydrazone groups is 1. The molecule has 3 rings (SSSR count). The molecule has 0 N–H and O–H groups in total. The highest BCUT2D eigenvalue weighted by molar-refractivity contribution is 5.87. The van der Waals surface area contributed by atoms with E-state index in [2.05, 4.69) is 17.1 Å². The van der Waals surface area contributed by atoms with Crippen LogP contribution in [0.5, 0.6) is 0 Å². The molecule has 0 aromatic heterocycles. The van der Waals surface area contributed by atoms with Gasteiger partial charge in [0.2, 0.25) is 5.91 Å². The fourth-order valence-electron chi connectivity index (χ4n) is 2.94. The van der Waals surface area contributed by atoms with Gasteiger partial charge in [-0.25, -0.2) is 0 Å². The van der Waals surface area contributed by atoms with Crippen LogP contribution >= 0.6 is 0 Å². The molecule has 0 bridgehead atoms. The van der Waals surface area contributed by atoms with Gasteiger partial charge in [-0.3, -0.25) is 9.80 Å². The van der Waals surface area contributed by atoms with E-state index in [1.165, 1.54) is 24.1 Å². The molecule has 4 heteroatoms. The first-order valence-corrected chi connectivity index (χ1v) is 7.41. The number of benzene rings is 1. The van der Waals surface area contributed by atoms with Gasteiger partial charge in [-0.05, 0) is 37.3 Å². The molecule has 1 aromatic carbocycles. The number of carbonyl (C=O) groups is 1. The van der Waals surface area contributed by atoms with Crippen LogP contribution in [0.25, 0.3) is 0 Å². The van der Waals surface area contributed by atoms with E-state index < -0.39 is 0 Å². The first-order chi connectivity index (χ1) is 9.74. The molecule has 1 heterocycles. The van der Waals surface area contributed by atoms with Crippen molar-refractivity contribution in [1.82, 2.24) is 4.90 Å². The molecule has 1 amide bonds. The van der Waals surface area contributed by atoms with Crippen molar-refractivity contribution in [3.63, 3.8) is 0 Å². The fourth-order valence-corrected chi connectivity index (χ4v) is 2.94. The van der Waals surface area contributed by atoms with Crippen LogP contribution in [-0.2, 0) is 11.3 Å². The summed E-state index contributed by atoms with van der Waals surface area (Å²) >= 11 is 0. The molecule has 1 saturated carbocycles. The van der Waals surface area contributed by atoms with Gasteiger partial charge in [-0.15, -0.1) is 0 Å². The number of para-hydroxylation sites is 1. The summed E-state index contributed by atoms with van der Waals surface area (Å²) in [6, 6.07) is 8.28. The van der Waals surface area contributed by atoms with Gasteiger partial charge in [0.25, 0.3) is 0 Å². The largest absolute Gasteiger partial charge is 0.337 e. The Morgan fingerprint density at radius 3 is 2.65 bits per heavy atom. The van der Waals surface area contributed by atoms with E-state index in [-0.39, 0.29) is 5.91 Å². The van der Waals surface area contributed by atoms with Gasteiger partial charge in [0.15, 0.2) is 0 Å². The Bertz CT molecular complexity index is 530. The zero-order valence-corrected chi connectivity index (χ0v) is 12.0. The third kappa shape index (κ3) is 2.69. The molecule has 0 radical (unpaired) electrons. The Kier molecular flexibility index (Phi) is 3.72. The second kappa shape index (κ2) is 5.65. The lowest BCUT2D eigenvalue weighted by Crippen LogP contribution is -2.32. The molecule has 2 aliphatic rings. The molecule has 106 valence electrons. The summed E-state index contributed by atoms with van der Waals surface area (Å²) in [5, 5.41) is 6.94. The maximum atomic E-state index is 11.7. The summed E-state index contributed by atoms with van der Waals surface area (Å²) in [7, 11) is 0. The number of hydrogen-bond donors (Lipinski definition) is 0. The van der Waals surface area contributed by atoms with E-state index in [0.29, 0.717) is 6.54 Å². The van der Waals surface area contributed by atoms with Crippen LogP contribution in [0.3, 0.4) is 0 Å². The van der Waals surface area contributed by atoms with Crippen LogP contribution < -0.4 is 5.01 Å². The summed E-state index contributed by atoms with van der Waals surface area (Å²) < 4.78 is 0. The van der Waals surface area contributed by atoms with Crippen molar-refractivity contribution in [3.05, 3.63) is 29.8 Å². The zero-order valence-electron chi connectivity index (χ0n) is 12.0. The minimum absolute atomic E-state index is 0.134. The monoisotopic (exact) mass is 271 g/mol. The number of fused-ring (bicyclic) bond motifs is 1. The van der Waals surface area contributed by atoms with E-state index in [9.17, 15) is 4.79 Å². The SMILES string of the molecule is CC(=O)N1CCN(N=C2CCCC2)c2ccccc2C1. The Balaban J connectivity index is 1.91. The molecular weight excluding hydrogens is 250 g/mol. The molecule has 0 unspecified atom stereocenters. The van der Waals surface area contributed by atoms with Crippen molar-refractivity contribution < 1.29 is 4.79 Å². The van der Waals surface area contributed by atoms with Crippen molar-refractivity contribution in [2.75, 3.05) is 18.1 Å². The Labute approximate surface area is 120 Å². The number of hydrogen-bond acceptors (Lipinski definition) is 3. The summed E-state index contributed by atoms with van der Waals surface area (Å²) in [6.07, 6.45) is 4.76. The van der Waals surface area contributed by atoms with Crippen LogP contribution in [0, 0.1) is 0 Å².